The molecule has 0 bridgehead atoms. The van der Waals surface area contributed by atoms with Crippen LogP contribution in [0.1, 0.15) is 30.9 Å². The molecule has 0 atom stereocenters. The van der Waals surface area contributed by atoms with Crippen LogP contribution in [0.4, 0.5) is 0 Å². The molecule has 20 heavy (non-hydrogen) atoms. The highest BCUT2D eigenvalue weighted by molar-refractivity contribution is 6.30. The van der Waals surface area contributed by atoms with E-state index in [2.05, 4.69) is 13.8 Å². The quantitative estimate of drug-likeness (QED) is 0.818. The molecular formula is C16H16ClNO2. The summed E-state index contributed by atoms with van der Waals surface area (Å²) >= 11 is 6.04. The molecule has 0 fully saturated rings. The number of hydrogen-bond donors (Lipinski definition) is 0. The summed E-state index contributed by atoms with van der Waals surface area (Å²) in [7, 11) is 0. The maximum absolute atomic E-state index is 8.77. The van der Waals surface area contributed by atoms with E-state index in [0.717, 1.165) is 17.1 Å². The van der Waals surface area contributed by atoms with E-state index in [1.54, 1.807) is 12.1 Å². The molecule has 0 amide bonds. The topological polar surface area (TPSA) is 46.2 Å². The first-order valence-corrected chi connectivity index (χ1v) is 6.86. The third kappa shape index (κ3) is 3.79. The molecule has 0 N–H and O–H groups in total. The fraction of sp³-hybridized carbons (Fsp3) is 0.312. The van der Waals surface area contributed by atoms with Crippen LogP contribution in [0.2, 0.25) is 5.02 Å². The van der Waals surface area contributed by atoms with Crippen molar-refractivity contribution in [3.8, 4) is 11.8 Å². The van der Waals surface area contributed by atoms with E-state index in [0.29, 0.717) is 29.7 Å². The molecule has 0 aliphatic rings. The largest absolute Gasteiger partial charge is 0.493 e. The first-order valence-electron chi connectivity index (χ1n) is 6.48. The average molecular weight is 290 g/mol. The molecule has 3 nitrogen and oxygen atoms in total. The van der Waals surface area contributed by atoms with Crippen molar-refractivity contribution in [2.75, 3.05) is 6.61 Å². The highest BCUT2D eigenvalue weighted by Crippen LogP contribution is 2.26. The SMILES string of the molecule is CC(C)COc1ccc(Cl)cc1Cc1ccc(C#N)o1. The van der Waals surface area contributed by atoms with Crippen molar-refractivity contribution in [3.05, 3.63) is 52.4 Å². The van der Waals surface area contributed by atoms with Gasteiger partial charge in [0.2, 0.25) is 5.76 Å². The van der Waals surface area contributed by atoms with Gasteiger partial charge in [-0.05, 0) is 36.2 Å². The lowest BCUT2D eigenvalue weighted by molar-refractivity contribution is 0.268. The van der Waals surface area contributed by atoms with Crippen LogP contribution >= 0.6 is 11.6 Å². The molecule has 0 aliphatic heterocycles. The van der Waals surface area contributed by atoms with Crippen molar-refractivity contribution in [1.82, 2.24) is 0 Å². The maximum atomic E-state index is 8.77. The molecule has 0 saturated carbocycles. The molecule has 1 heterocycles. The van der Waals surface area contributed by atoms with Crippen LogP contribution in [0.25, 0.3) is 0 Å². The molecule has 104 valence electrons. The van der Waals surface area contributed by atoms with Gasteiger partial charge in [0.1, 0.15) is 17.6 Å². The zero-order valence-corrected chi connectivity index (χ0v) is 12.3. The number of furan rings is 1. The summed E-state index contributed by atoms with van der Waals surface area (Å²) in [5.41, 5.74) is 0.956. The zero-order valence-electron chi connectivity index (χ0n) is 11.5. The predicted molar refractivity (Wildman–Crippen MR) is 78.0 cm³/mol. The number of nitrogens with zero attached hydrogens (tertiary/aromatic N) is 1. The van der Waals surface area contributed by atoms with E-state index in [-0.39, 0.29) is 0 Å². The summed E-state index contributed by atoms with van der Waals surface area (Å²) in [4.78, 5) is 0. The minimum Gasteiger partial charge on any atom is -0.493 e. The monoisotopic (exact) mass is 289 g/mol. The van der Waals surface area contributed by atoms with Gasteiger partial charge in [-0.25, -0.2) is 0 Å². The molecule has 2 aromatic rings. The van der Waals surface area contributed by atoms with Crippen molar-refractivity contribution in [2.24, 2.45) is 5.92 Å². The van der Waals surface area contributed by atoms with Crippen molar-refractivity contribution < 1.29 is 9.15 Å². The van der Waals surface area contributed by atoms with Crippen molar-refractivity contribution in [2.45, 2.75) is 20.3 Å². The molecule has 0 spiro atoms. The van der Waals surface area contributed by atoms with Crippen LogP contribution in [-0.2, 0) is 6.42 Å². The second kappa shape index (κ2) is 6.49. The van der Waals surface area contributed by atoms with Crippen LogP contribution in [0.15, 0.2) is 34.7 Å². The standard InChI is InChI=1S/C16H16ClNO2/c1-11(2)10-19-16-6-3-13(17)7-12(16)8-14-4-5-15(9-18)20-14/h3-7,11H,8,10H2,1-2H3. The summed E-state index contributed by atoms with van der Waals surface area (Å²) in [6, 6.07) is 11.0. The number of benzene rings is 1. The number of ether oxygens (including phenoxy) is 1. The van der Waals surface area contributed by atoms with Crippen LogP contribution in [-0.4, -0.2) is 6.61 Å². The van der Waals surface area contributed by atoms with E-state index >= 15 is 0 Å². The molecule has 4 heteroatoms. The lowest BCUT2D eigenvalue weighted by Crippen LogP contribution is -2.06. The Morgan fingerprint density at radius 1 is 1.30 bits per heavy atom. The Hall–Kier alpha value is -1.92. The lowest BCUT2D eigenvalue weighted by atomic mass is 10.1. The van der Waals surface area contributed by atoms with Crippen LogP contribution in [0, 0.1) is 17.2 Å². The van der Waals surface area contributed by atoms with Crippen molar-refractivity contribution in [3.63, 3.8) is 0 Å². The minimum atomic E-state index is 0.312. The Morgan fingerprint density at radius 2 is 2.10 bits per heavy atom. The van der Waals surface area contributed by atoms with Gasteiger partial charge in [-0.2, -0.15) is 5.26 Å². The molecular weight excluding hydrogens is 274 g/mol. The van der Waals surface area contributed by atoms with Gasteiger partial charge in [0, 0.05) is 17.0 Å². The van der Waals surface area contributed by atoms with Gasteiger partial charge in [-0.3, -0.25) is 0 Å². The Bertz CT molecular complexity index is 626. The van der Waals surface area contributed by atoms with Gasteiger partial charge in [0.05, 0.1) is 6.61 Å². The number of nitriles is 1. The van der Waals surface area contributed by atoms with Crippen LogP contribution < -0.4 is 4.74 Å². The maximum Gasteiger partial charge on any atom is 0.203 e. The Labute approximate surface area is 123 Å². The summed E-state index contributed by atoms with van der Waals surface area (Å²) < 4.78 is 11.2. The minimum absolute atomic E-state index is 0.312. The highest BCUT2D eigenvalue weighted by atomic mass is 35.5. The fourth-order valence-corrected chi connectivity index (χ4v) is 2.00. The third-order valence-corrected chi connectivity index (χ3v) is 2.97. The average Bonchev–Trinajstić information content (AvgIpc) is 2.85. The van der Waals surface area contributed by atoms with Gasteiger partial charge >= 0.3 is 0 Å². The Balaban J connectivity index is 2.20. The molecule has 1 aromatic heterocycles. The first-order chi connectivity index (χ1) is 9.58. The first kappa shape index (κ1) is 14.5. The van der Waals surface area contributed by atoms with Gasteiger partial charge in [-0.1, -0.05) is 25.4 Å². The van der Waals surface area contributed by atoms with E-state index in [9.17, 15) is 0 Å². The summed E-state index contributed by atoms with van der Waals surface area (Å²) in [5.74, 6) is 2.29. The van der Waals surface area contributed by atoms with E-state index in [1.165, 1.54) is 0 Å². The number of halogens is 1. The molecule has 1 aromatic carbocycles. The van der Waals surface area contributed by atoms with Crippen LogP contribution in [0.3, 0.4) is 0 Å². The molecule has 0 unspecified atom stereocenters. The van der Waals surface area contributed by atoms with Gasteiger partial charge < -0.3 is 9.15 Å². The molecule has 0 saturated heterocycles. The second-order valence-electron chi connectivity index (χ2n) is 5.01. The molecule has 0 radical (unpaired) electrons. The van der Waals surface area contributed by atoms with Gasteiger partial charge in [0.15, 0.2) is 0 Å². The zero-order chi connectivity index (χ0) is 14.5. The Morgan fingerprint density at radius 3 is 2.75 bits per heavy atom. The number of hydrogen-bond acceptors (Lipinski definition) is 3. The van der Waals surface area contributed by atoms with Crippen LogP contribution in [0.5, 0.6) is 5.75 Å². The predicted octanol–water partition coefficient (Wildman–Crippen LogP) is 4.43. The molecule has 0 aliphatic carbocycles. The van der Waals surface area contributed by atoms with E-state index < -0.39 is 0 Å². The summed E-state index contributed by atoms with van der Waals surface area (Å²) in [6.07, 6.45) is 0.551. The normalized spacial score (nSPS) is 10.6. The summed E-state index contributed by atoms with van der Waals surface area (Å²) in [6.45, 7) is 4.85. The third-order valence-electron chi connectivity index (χ3n) is 2.73. The summed E-state index contributed by atoms with van der Waals surface area (Å²) in [5, 5.41) is 9.43. The highest BCUT2D eigenvalue weighted by Gasteiger charge is 2.10. The van der Waals surface area contributed by atoms with E-state index in [4.69, 9.17) is 26.0 Å². The Kier molecular flexibility index (Phi) is 4.70. The fourth-order valence-electron chi connectivity index (χ4n) is 1.80. The van der Waals surface area contributed by atoms with Gasteiger partial charge in [0.25, 0.3) is 0 Å². The van der Waals surface area contributed by atoms with Gasteiger partial charge in [-0.15, -0.1) is 0 Å². The second-order valence-corrected chi connectivity index (χ2v) is 5.45. The number of rotatable bonds is 5. The lowest BCUT2D eigenvalue weighted by Gasteiger charge is -2.13. The smallest absolute Gasteiger partial charge is 0.203 e. The van der Waals surface area contributed by atoms with Crippen molar-refractivity contribution in [1.29, 1.82) is 5.26 Å². The molecule has 2 rings (SSSR count). The van der Waals surface area contributed by atoms with E-state index in [1.807, 2.05) is 24.3 Å². The van der Waals surface area contributed by atoms with Crippen molar-refractivity contribution >= 4 is 11.6 Å².